The van der Waals surface area contributed by atoms with Crippen molar-refractivity contribution in [1.29, 1.82) is 0 Å². The molecule has 0 bridgehead atoms. The average molecular weight is 485 g/mol. The predicted molar refractivity (Wildman–Crippen MR) is 123 cm³/mol. The summed E-state index contributed by atoms with van der Waals surface area (Å²) in [6, 6.07) is 10.6. The second-order valence-electron chi connectivity index (χ2n) is 7.60. The third kappa shape index (κ3) is 7.30. The van der Waals surface area contributed by atoms with Gasteiger partial charge in [0, 0.05) is 6.04 Å². The molecule has 1 amide bonds. The second-order valence-corrected chi connectivity index (χ2v) is 10.1. The third-order valence-electron chi connectivity index (χ3n) is 5.15. The second kappa shape index (κ2) is 11.1. The molecule has 9 heteroatoms. The van der Waals surface area contributed by atoms with Crippen LogP contribution in [0.4, 0.5) is 5.69 Å². The van der Waals surface area contributed by atoms with Crippen LogP contribution in [0.25, 0.3) is 0 Å². The molecule has 1 fully saturated rings. The highest BCUT2D eigenvalue weighted by Crippen LogP contribution is 2.27. The van der Waals surface area contributed by atoms with Crippen LogP contribution in [0.2, 0.25) is 10.0 Å². The minimum absolute atomic E-state index is 0.0601. The summed E-state index contributed by atoms with van der Waals surface area (Å²) in [5, 5.41) is 3.63. The summed E-state index contributed by atoms with van der Waals surface area (Å²) in [6.45, 7) is -0.107. The third-order valence-corrected chi connectivity index (χ3v) is 7.28. The molecule has 2 N–H and O–H groups in total. The van der Waals surface area contributed by atoms with Crippen molar-refractivity contribution < 1.29 is 17.9 Å². The first kappa shape index (κ1) is 23.7. The number of ether oxygens (including phenoxy) is 1. The molecular formula is C22H26Cl2N2O4S. The summed E-state index contributed by atoms with van der Waals surface area (Å²) in [7, 11) is -3.80. The molecule has 168 valence electrons. The lowest BCUT2D eigenvalue weighted by atomic mass is 9.97. The summed E-state index contributed by atoms with van der Waals surface area (Å²) in [5.41, 5.74) is 0.306. The number of hydrogen-bond acceptors (Lipinski definition) is 4. The first-order valence-electron chi connectivity index (χ1n) is 10.3. The summed E-state index contributed by atoms with van der Waals surface area (Å²) in [4.78, 5) is 12.3. The molecule has 2 aromatic carbocycles. The number of sulfonamides is 1. The van der Waals surface area contributed by atoms with Gasteiger partial charge in [-0.05, 0) is 55.3 Å². The number of nitrogens with one attached hydrogen (secondary N) is 2. The molecule has 1 saturated carbocycles. The Balaban J connectivity index is 1.53. The standard InChI is InChI=1S/C22H26Cl2N2O4S/c23-20-13-8-17(14-21(20)24)26-31(28,29)19-11-9-18(10-12-19)30-15-22(27)25-16-6-4-2-1-3-5-7-16/h8-14,16,26H,1-7,15H2,(H,25,27). The van der Waals surface area contributed by atoms with E-state index in [0.29, 0.717) is 16.5 Å². The summed E-state index contributed by atoms with van der Waals surface area (Å²) >= 11 is 11.8. The highest BCUT2D eigenvalue weighted by atomic mass is 35.5. The first-order valence-corrected chi connectivity index (χ1v) is 12.6. The van der Waals surface area contributed by atoms with Crippen LogP contribution in [-0.2, 0) is 14.8 Å². The van der Waals surface area contributed by atoms with Crippen molar-refractivity contribution in [2.45, 2.75) is 55.9 Å². The Hall–Kier alpha value is -1.96. The van der Waals surface area contributed by atoms with E-state index in [-0.39, 0.29) is 28.5 Å². The van der Waals surface area contributed by atoms with Gasteiger partial charge in [0.05, 0.1) is 20.6 Å². The van der Waals surface area contributed by atoms with Gasteiger partial charge in [0.1, 0.15) is 5.75 Å². The summed E-state index contributed by atoms with van der Waals surface area (Å²) < 4.78 is 33.1. The van der Waals surface area contributed by atoms with Gasteiger partial charge >= 0.3 is 0 Å². The zero-order valence-electron chi connectivity index (χ0n) is 17.1. The van der Waals surface area contributed by atoms with E-state index in [4.69, 9.17) is 27.9 Å². The maximum atomic E-state index is 12.6. The van der Waals surface area contributed by atoms with E-state index in [0.717, 1.165) is 25.7 Å². The average Bonchev–Trinajstić information content (AvgIpc) is 2.71. The topological polar surface area (TPSA) is 84.5 Å². The van der Waals surface area contributed by atoms with Crippen LogP contribution >= 0.6 is 23.2 Å². The van der Waals surface area contributed by atoms with Crippen LogP contribution in [-0.4, -0.2) is 27.0 Å². The van der Waals surface area contributed by atoms with E-state index < -0.39 is 10.0 Å². The molecule has 0 spiro atoms. The number of carbonyl (C=O) groups excluding carboxylic acids is 1. The zero-order chi connectivity index (χ0) is 22.3. The number of amides is 1. The van der Waals surface area contributed by atoms with Crippen LogP contribution in [0.5, 0.6) is 5.75 Å². The van der Waals surface area contributed by atoms with Gasteiger partial charge < -0.3 is 10.1 Å². The van der Waals surface area contributed by atoms with E-state index in [2.05, 4.69) is 10.0 Å². The molecule has 0 aromatic heterocycles. The van der Waals surface area contributed by atoms with Gasteiger partial charge in [-0.3, -0.25) is 9.52 Å². The van der Waals surface area contributed by atoms with Gasteiger partial charge in [-0.15, -0.1) is 0 Å². The maximum absolute atomic E-state index is 12.6. The Morgan fingerprint density at radius 1 is 0.935 bits per heavy atom. The molecule has 2 aromatic rings. The molecule has 0 unspecified atom stereocenters. The lowest BCUT2D eigenvalue weighted by Crippen LogP contribution is -2.38. The number of rotatable bonds is 7. The van der Waals surface area contributed by atoms with Gasteiger partial charge in [-0.2, -0.15) is 0 Å². The Morgan fingerprint density at radius 3 is 2.23 bits per heavy atom. The molecule has 1 aliphatic rings. The van der Waals surface area contributed by atoms with Crippen LogP contribution in [0.1, 0.15) is 44.9 Å². The fourth-order valence-electron chi connectivity index (χ4n) is 3.51. The fraction of sp³-hybridized carbons (Fsp3) is 0.409. The fourth-order valence-corrected chi connectivity index (χ4v) is 4.86. The van der Waals surface area contributed by atoms with E-state index >= 15 is 0 Å². The number of carbonyl (C=O) groups is 1. The van der Waals surface area contributed by atoms with Crippen LogP contribution < -0.4 is 14.8 Å². The molecule has 0 aliphatic heterocycles. The lowest BCUT2D eigenvalue weighted by molar-refractivity contribution is -0.123. The predicted octanol–water partition coefficient (Wildman–Crippen LogP) is 5.40. The van der Waals surface area contributed by atoms with E-state index in [1.54, 1.807) is 0 Å². The number of hydrogen-bond donors (Lipinski definition) is 2. The highest BCUT2D eigenvalue weighted by molar-refractivity contribution is 7.92. The Kier molecular flexibility index (Phi) is 8.46. The zero-order valence-corrected chi connectivity index (χ0v) is 19.4. The Morgan fingerprint density at radius 2 is 1.58 bits per heavy atom. The molecule has 0 atom stereocenters. The smallest absolute Gasteiger partial charge is 0.261 e. The van der Waals surface area contributed by atoms with E-state index in [9.17, 15) is 13.2 Å². The monoisotopic (exact) mass is 484 g/mol. The van der Waals surface area contributed by atoms with Crippen molar-refractivity contribution in [3.63, 3.8) is 0 Å². The number of halogens is 2. The van der Waals surface area contributed by atoms with Crippen LogP contribution in [0.15, 0.2) is 47.4 Å². The van der Waals surface area contributed by atoms with Crippen molar-refractivity contribution in [1.82, 2.24) is 5.32 Å². The van der Waals surface area contributed by atoms with Crippen molar-refractivity contribution in [2.24, 2.45) is 0 Å². The molecular weight excluding hydrogens is 459 g/mol. The summed E-state index contributed by atoms with van der Waals surface area (Å²) in [5.74, 6) is 0.254. The minimum Gasteiger partial charge on any atom is -0.484 e. The van der Waals surface area contributed by atoms with Crippen molar-refractivity contribution in [3.05, 3.63) is 52.5 Å². The molecule has 6 nitrogen and oxygen atoms in total. The molecule has 3 rings (SSSR count). The summed E-state index contributed by atoms with van der Waals surface area (Å²) in [6.07, 6.45) is 8.00. The van der Waals surface area contributed by atoms with Crippen molar-refractivity contribution in [3.8, 4) is 5.75 Å². The molecule has 0 saturated heterocycles. The molecule has 1 aliphatic carbocycles. The van der Waals surface area contributed by atoms with E-state index in [1.807, 2.05) is 0 Å². The molecule has 31 heavy (non-hydrogen) atoms. The van der Waals surface area contributed by atoms with Crippen molar-refractivity contribution in [2.75, 3.05) is 11.3 Å². The lowest BCUT2D eigenvalue weighted by Gasteiger charge is -2.21. The number of anilines is 1. The van der Waals surface area contributed by atoms with E-state index in [1.165, 1.54) is 61.7 Å². The Bertz CT molecular complexity index is 989. The quantitative estimate of drug-likeness (QED) is 0.550. The first-order chi connectivity index (χ1) is 14.8. The SMILES string of the molecule is O=C(COc1ccc(S(=O)(=O)Nc2ccc(Cl)c(Cl)c2)cc1)NC1CCCCCCC1. The van der Waals surface area contributed by atoms with Crippen LogP contribution in [0, 0.1) is 0 Å². The van der Waals surface area contributed by atoms with Gasteiger partial charge in [0.15, 0.2) is 6.61 Å². The van der Waals surface area contributed by atoms with Gasteiger partial charge in [-0.1, -0.05) is 55.3 Å². The van der Waals surface area contributed by atoms with Crippen molar-refractivity contribution >= 4 is 44.8 Å². The highest BCUT2D eigenvalue weighted by Gasteiger charge is 2.16. The molecule has 0 heterocycles. The normalized spacial score (nSPS) is 15.5. The van der Waals surface area contributed by atoms with Gasteiger partial charge in [-0.25, -0.2) is 8.42 Å². The van der Waals surface area contributed by atoms with Crippen LogP contribution in [0.3, 0.4) is 0 Å². The molecule has 0 radical (unpaired) electrons. The van der Waals surface area contributed by atoms with Gasteiger partial charge in [0.2, 0.25) is 0 Å². The minimum atomic E-state index is -3.80. The van der Waals surface area contributed by atoms with Gasteiger partial charge in [0.25, 0.3) is 15.9 Å². The largest absolute Gasteiger partial charge is 0.484 e. The Labute approximate surface area is 193 Å². The maximum Gasteiger partial charge on any atom is 0.261 e. The number of benzene rings is 2.